The van der Waals surface area contributed by atoms with Crippen molar-refractivity contribution in [2.75, 3.05) is 6.54 Å². The Bertz CT molecular complexity index is 233. The molecule has 1 fully saturated rings. The smallest absolute Gasteiger partial charge is 0.386 e. The zero-order chi connectivity index (χ0) is 13.1. The van der Waals surface area contributed by atoms with Crippen LogP contribution in [0.15, 0.2) is 0 Å². The van der Waals surface area contributed by atoms with E-state index in [1.807, 2.05) is 0 Å². The van der Waals surface area contributed by atoms with Gasteiger partial charge < -0.3 is 10.4 Å². The summed E-state index contributed by atoms with van der Waals surface area (Å²) in [6.07, 6.45) is -7.68. The molecule has 0 aliphatic heterocycles. The van der Waals surface area contributed by atoms with Crippen molar-refractivity contribution in [3.05, 3.63) is 0 Å². The van der Waals surface area contributed by atoms with E-state index in [0.717, 1.165) is 0 Å². The molecular weight excluding hydrogens is 245 g/mol. The largest absolute Gasteiger partial charge is 0.393 e. The van der Waals surface area contributed by atoms with Crippen LogP contribution in [0.3, 0.4) is 0 Å². The number of halogens is 5. The maximum Gasteiger partial charge on any atom is 0.393 e. The lowest BCUT2D eigenvalue weighted by Gasteiger charge is -2.34. The Morgan fingerprint density at radius 1 is 1.18 bits per heavy atom. The second-order valence-electron chi connectivity index (χ2n) is 4.35. The zero-order valence-corrected chi connectivity index (χ0v) is 9.18. The van der Waals surface area contributed by atoms with Crippen molar-refractivity contribution in [2.24, 2.45) is 5.92 Å². The van der Waals surface area contributed by atoms with Gasteiger partial charge in [-0.15, -0.1) is 0 Å². The minimum atomic E-state index is -4.31. The first-order chi connectivity index (χ1) is 7.82. The number of aliphatic hydroxyl groups excluding tert-OH is 1. The van der Waals surface area contributed by atoms with Crippen molar-refractivity contribution in [1.82, 2.24) is 5.32 Å². The summed E-state index contributed by atoms with van der Waals surface area (Å²) in [6, 6.07) is -0.864. The predicted molar refractivity (Wildman–Crippen MR) is 51.8 cm³/mol. The first-order valence-electron chi connectivity index (χ1n) is 5.58. The molecule has 17 heavy (non-hydrogen) atoms. The van der Waals surface area contributed by atoms with Crippen molar-refractivity contribution in [2.45, 2.75) is 50.4 Å². The van der Waals surface area contributed by atoms with Crippen LogP contribution < -0.4 is 5.32 Å². The number of alkyl halides is 5. The molecule has 3 atom stereocenters. The minimum Gasteiger partial charge on any atom is -0.386 e. The van der Waals surface area contributed by atoms with Gasteiger partial charge in [0.1, 0.15) is 6.10 Å². The van der Waals surface area contributed by atoms with Gasteiger partial charge in [-0.3, -0.25) is 0 Å². The van der Waals surface area contributed by atoms with Crippen LogP contribution in [0.1, 0.15) is 25.7 Å². The summed E-state index contributed by atoms with van der Waals surface area (Å²) in [6.45, 7) is -0.505. The van der Waals surface area contributed by atoms with E-state index >= 15 is 0 Å². The molecule has 0 amide bonds. The van der Waals surface area contributed by atoms with Gasteiger partial charge in [0, 0.05) is 12.6 Å². The Morgan fingerprint density at radius 3 is 2.29 bits per heavy atom. The van der Waals surface area contributed by atoms with E-state index in [1.165, 1.54) is 0 Å². The summed E-state index contributed by atoms with van der Waals surface area (Å²) in [7, 11) is 0. The average Bonchev–Trinajstić information content (AvgIpc) is 2.24. The molecule has 0 radical (unpaired) electrons. The molecule has 0 aromatic carbocycles. The lowest BCUT2D eigenvalue weighted by molar-refractivity contribution is -0.189. The van der Waals surface area contributed by atoms with Crippen LogP contribution in [0, 0.1) is 5.92 Å². The third kappa shape index (κ3) is 4.39. The van der Waals surface area contributed by atoms with Crippen LogP contribution in [0.2, 0.25) is 0 Å². The third-order valence-electron chi connectivity index (χ3n) is 3.07. The summed E-state index contributed by atoms with van der Waals surface area (Å²) >= 11 is 0. The Labute approximate surface area is 96.2 Å². The molecule has 2 N–H and O–H groups in total. The molecule has 7 heteroatoms. The van der Waals surface area contributed by atoms with Crippen LogP contribution >= 0.6 is 0 Å². The van der Waals surface area contributed by atoms with E-state index in [1.54, 1.807) is 0 Å². The fourth-order valence-corrected chi connectivity index (χ4v) is 2.13. The molecule has 3 unspecified atom stereocenters. The molecule has 1 saturated carbocycles. The maximum atomic E-state index is 12.6. The van der Waals surface area contributed by atoms with Gasteiger partial charge in [-0.2, -0.15) is 13.2 Å². The Balaban J connectivity index is 2.49. The highest BCUT2D eigenvalue weighted by atomic mass is 19.4. The lowest BCUT2D eigenvalue weighted by Crippen LogP contribution is -2.48. The quantitative estimate of drug-likeness (QED) is 0.761. The van der Waals surface area contributed by atoms with Gasteiger partial charge in [0.05, 0.1) is 5.92 Å². The first-order valence-corrected chi connectivity index (χ1v) is 5.58. The number of nitrogens with one attached hydrogen (secondary N) is 1. The molecule has 0 saturated heterocycles. The fraction of sp³-hybridized carbons (Fsp3) is 1.00. The summed E-state index contributed by atoms with van der Waals surface area (Å²) < 4.78 is 61.9. The predicted octanol–water partition coefficient (Wildman–Crippen LogP) is 2.32. The van der Waals surface area contributed by atoms with Crippen LogP contribution in [-0.4, -0.2) is 36.4 Å². The van der Waals surface area contributed by atoms with Gasteiger partial charge in [-0.05, 0) is 12.8 Å². The lowest BCUT2D eigenvalue weighted by atomic mass is 9.84. The topological polar surface area (TPSA) is 32.3 Å². The van der Waals surface area contributed by atoms with Gasteiger partial charge in [0.15, 0.2) is 0 Å². The molecular formula is C10H16F5NO. The SMILES string of the molecule is OC(CNC1CCCCC1C(F)(F)F)C(F)F. The second kappa shape index (κ2) is 5.95. The normalized spacial score (nSPS) is 28.4. The Morgan fingerprint density at radius 2 is 1.76 bits per heavy atom. The second-order valence-corrected chi connectivity index (χ2v) is 4.35. The van der Waals surface area contributed by atoms with Crippen LogP contribution in [-0.2, 0) is 0 Å². The summed E-state index contributed by atoms with van der Waals surface area (Å²) in [4.78, 5) is 0. The molecule has 0 spiro atoms. The summed E-state index contributed by atoms with van der Waals surface area (Å²) in [5, 5.41) is 11.3. The molecule has 102 valence electrons. The molecule has 1 aliphatic carbocycles. The van der Waals surface area contributed by atoms with Gasteiger partial charge in [0.2, 0.25) is 0 Å². The van der Waals surface area contributed by atoms with Crippen LogP contribution in [0.5, 0.6) is 0 Å². The zero-order valence-electron chi connectivity index (χ0n) is 9.18. The molecule has 0 aromatic rings. The molecule has 1 rings (SSSR count). The summed E-state index contributed by atoms with van der Waals surface area (Å²) in [5.74, 6) is -1.50. The summed E-state index contributed by atoms with van der Waals surface area (Å²) in [5.41, 5.74) is 0. The Kier molecular flexibility index (Phi) is 5.12. The molecule has 0 bridgehead atoms. The van der Waals surface area contributed by atoms with E-state index in [0.29, 0.717) is 19.3 Å². The fourth-order valence-electron chi connectivity index (χ4n) is 2.13. The van der Waals surface area contributed by atoms with Crippen LogP contribution in [0.4, 0.5) is 22.0 Å². The number of aliphatic hydroxyl groups is 1. The third-order valence-corrected chi connectivity index (χ3v) is 3.07. The monoisotopic (exact) mass is 261 g/mol. The van der Waals surface area contributed by atoms with Gasteiger partial charge in [-0.25, -0.2) is 8.78 Å². The van der Waals surface area contributed by atoms with E-state index < -0.39 is 37.2 Å². The van der Waals surface area contributed by atoms with Gasteiger partial charge >= 0.3 is 6.18 Å². The van der Waals surface area contributed by atoms with Gasteiger partial charge in [0.25, 0.3) is 6.43 Å². The van der Waals surface area contributed by atoms with Crippen molar-refractivity contribution in [3.8, 4) is 0 Å². The highest BCUT2D eigenvalue weighted by Crippen LogP contribution is 2.37. The average molecular weight is 261 g/mol. The minimum absolute atomic E-state index is 0.0198. The highest BCUT2D eigenvalue weighted by molar-refractivity contribution is 4.86. The first kappa shape index (κ1) is 14.6. The Hall–Kier alpha value is -0.430. The van der Waals surface area contributed by atoms with Crippen LogP contribution in [0.25, 0.3) is 0 Å². The number of rotatable bonds is 4. The van der Waals surface area contributed by atoms with Crippen molar-refractivity contribution < 1.29 is 27.1 Å². The highest BCUT2D eigenvalue weighted by Gasteiger charge is 2.45. The molecule has 2 nitrogen and oxygen atoms in total. The van der Waals surface area contributed by atoms with Crippen molar-refractivity contribution >= 4 is 0 Å². The molecule has 0 aromatic heterocycles. The molecule has 1 aliphatic rings. The van der Waals surface area contributed by atoms with E-state index in [2.05, 4.69) is 5.32 Å². The van der Waals surface area contributed by atoms with E-state index in [-0.39, 0.29) is 6.42 Å². The maximum absolute atomic E-state index is 12.6. The van der Waals surface area contributed by atoms with E-state index in [4.69, 9.17) is 5.11 Å². The van der Waals surface area contributed by atoms with Crippen molar-refractivity contribution in [3.63, 3.8) is 0 Å². The molecule has 0 heterocycles. The van der Waals surface area contributed by atoms with E-state index in [9.17, 15) is 22.0 Å². The van der Waals surface area contributed by atoms with Gasteiger partial charge in [-0.1, -0.05) is 12.8 Å². The van der Waals surface area contributed by atoms with Crippen molar-refractivity contribution in [1.29, 1.82) is 0 Å². The number of hydrogen-bond donors (Lipinski definition) is 2. The number of hydrogen-bond acceptors (Lipinski definition) is 2. The standard InChI is InChI=1S/C10H16F5NO/c11-9(12)8(17)5-16-7-4-2-1-3-6(7)10(13,14)15/h6-9,16-17H,1-5H2.